The van der Waals surface area contributed by atoms with Crippen molar-refractivity contribution in [2.24, 2.45) is 0 Å². The molecule has 0 aliphatic carbocycles. The molecule has 1 aliphatic heterocycles. The molecule has 0 saturated carbocycles. The fourth-order valence-electron chi connectivity index (χ4n) is 4.85. The molecule has 0 amide bonds. The predicted octanol–water partition coefficient (Wildman–Crippen LogP) is 4.22. The molecular formula is C29H58O8. The summed E-state index contributed by atoms with van der Waals surface area (Å²) in [5, 5.41) is 48.9. The summed E-state index contributed by atoms with van der Waals surface area (Å²) in [5.41, 5.74) is 0. The van der Waals surface area contributed by atoms with E-state index in [1.807, 2.05) is 0 Å². The quantitative estimate of drug-likeness (QED) is 0.110. The molecule has 1 heterocycles. The largest absolute Gasteiger partial charge is 0.394 e. The zero-order valence-electron chi connectivity index (χ0n) is 23.5. The Morgan fingerprint density at radius 3 is 1.57 bits per heavy atom. The first-order chi connectivity index (χ1) is 18.0. The van der Waals surface area contributed by atoms with E-state index in [1.54, 1.807) is 0 Å². The summed E-state index contributed by atoms with van der Waals surface area (Å²) in [4.78, 5) is 0. The van der Waals surface area contributed by atoms with Gasteiger partial charge in [-0.3, -0.25) is 0 Å². The highest BCUT2D eigenvalue weighted by atomic mass is 16.7. The van der Waals surface area contributed by atoms with E-state index in [-0.39, 0.29) is 13.2 Å². The summed E-state index contributed by atoms with van der Waals surface area (Å²) in [7, 11) is 0. The zero-order valence-corrected chi connectivity index (χ0v) is 23.5. The number of hydrogen-bond donors (Lipinski definition) is 5. The molecule has 1 rings (SSSR count). The maximum Gasteiger partial charge on any atom is 0.184 e. The van der Waals surface area contributed by atoms with Crippen molar-refractivity contribution in [1.82, 2.24) is 0 Å². The van der Waals surface area contributed by atoms with Crippen molar-refractivity contribution in [3.8, 4) is 0 Å². The summed E-state index contributed by atoms with van der Waals surface area (Å²) < 4.78 is 15.9. The maximum atomic E-state index is 10.0. The van der Waals surface area contributed by atoms with Gasteiger partial charge in [0.1, 0.15) is 30.5 Å². The van der Waals surface area contributed by atoms with Gasteiger partial charge in [-0.1, -0.05) is 116 Å². The van der Waals surface area contributed by atoms with Crippen molar-refractivity contribution in [2.45, 2.75) is 159 Å². The van der Waals surface area contributed by atoms with Crippen LogP contribution in [0, 0.1) is 0 Å². The van der Waals surface area contributed by atoms with Crippen LogP contribution in [-0.2, 0) is 14.2 Å². The molecule has 0 aromatic rings. The second-order valence-corrected chi connectivity index (χ2v) is 10.8. The smallest absolute Gasteiger partial charge is 0.184 e. The van der Waals surface area contributed by atoms with Gasteiger partial charge in [0.2, 0.25) is 0 Å². The standard InChI is InChI=1S/C29H58O8/c1-2-3-4-5-6-7-8-9-10-11-12-13-14-15-16-17-18-19-20-35-22-24(31)23-36-28-27(33)26(32)25(21-30)37-29(28)34/h24-34H,2-23H2,1H3/t24?,25-,26+,27+,28-,29-/m1/s1. The number of ether oxygens (including phenoxy) is 3. The van der Waals surface area contributed by atoms with Crippen LogP contribution in [0.15, 0.2) is 0 Å². The van der Waals surface area contributed by atoms with Crippen molar-refractivity contribution in [2.75, 3.05) is 26.4 Å². The number of hydrogen-bond acceptors (Lipinski definition) is 8. The van der Waals surface area contributed by atoms with Crippen LogP contribution in [0.3, 0.4) is 0 Å². The van der Waals surface area contributed by atoms with Gasteiger partial charge < -0.3 is 39.7 Å². The summed E-state index contributed by atoms with van der Waals surface area (Å²) in [6.07, 6.45) is 16.5. The highest BCUT2D eigenvalue weighted by Crippen LogP contribution is 2.22. The molecule has 1 fully saturated rings. The van der Waals surface area contributed by atoms with Crippen LogP contribution in [0.25, 0.3) is 0 Å². The SMILES string of the molecule is CCCCCCCCCCCCCCCCCCCCOCC(O)CO[C@@H]1[C@@H](O)[C@@H](O)[C@@H](CO)O[C@H]1O. The van der Waals surface area contributed by atoms with E-state index in [1.165, 1.54) is 103 Å². The molecule has 8 heteroatoms. The number of aliphatic hydroxyl groups excluding tert-OH is 5. The number of rotatable bonds is 25. The molecule has 5 N–H and O–H groups in total. The molecule has 6 atom stereocenters. The van der Waals surface area contributed by atoms with Crippen LogP contribution in [0.1, 0.15) is 122 Å². The first-order valence-electron chi connectivity index (χ1n) is 15.2. The number of aliphatic hydroxyl groups is 5. The third kappa shape index (κ3) is 17.1. The van der Waals surface area contributed by atoms with Crippen molar-refractivity contribution < 1.29 is 39.7 Å². The fraction of sp³-hybridized carbons (Fsp3) is 1.00. The summed E-state index contributed by atoms with van der Waals surface area (Å²) >= 11 is 0. The molecule has 8 nitrogen and oxygen atoms in total. The Morgan fingerprint density at radius 1 is 0.649 bits per heavy atom. The van der Waals surface area contributed by atoms with Crippen LogP contribution in [0.2, 0.25) is 0 Å². The fourth-order valence-corrected chi connectivity index (χ4v) is 4.85. The van der Waals surface area contributed by atoms with Crippen molar-refractivity contribution >= 4 is 0 Å². The zero-order chi connectivity index (χ0) is 27.1. The lowest BCUT2D eigenvalue weighted by Crippen LogP contribution is -2.59. The molecule has 1 unspecified atom stereocenters. The first kappa shape index (κ1) is 34.7. The molecule has 0 spiro atoms. The molecule has 1 saturated heterocycles. The third-order valence-electron chi connectivity index (χ3n) is 7.28. The van der Waals surface area contributed by atoms with Crippen LogP contribution in [0.5, 0.6) is 0 Å². The topological polar surface area (TPSA) is 129 Å². The average Bonchev–Trinajstić information content (AvgIpc) is 2.89. The van der Waals surface area contributed by atoms with Gasteiger partial charge in [-0.25, -0.2) is 0 Å². The van der Waals surface area contributed by atoms with Gasteiger partial charge >= 0.3 is 0 Å². The average molecular weight is 535 g/mol. The van der Waals surface area contributed by atoms with E-state index in [0.29, 0.717) is 6.61 Å². The Kier molecular flexibility index (Phi) is 22.1. The Balaban J connectivity index is 1.83. The van der Waals surface area contributed by atoms with E-state index < -0.39 is 43.4 Å². The van der Waals surface area contributed by atoms with Gasteiger partial charge in [-0.05, 0) is 6.42 Å². The van der Waals surface area contributed by atoms with E-state index >= 15 is 0 Å². The number of unbranched alkanes of at least 4 members (excludes halogenated alkanes) is 17. The van der Waals surface area contributed by atoms with Gasteiger partial charge in [0.25, 0.3) is 0 Å². The second-order valence-electron chi connectivity index (χ2n) is 10.8. The lowest BCUT2D eigenvalue weighted by molar-refractivity contribution is -0.299. The second kappa shape index (κ2) is 23.6. The van der Waals surface area contributed by atoms with E-state index in [9.17, 15) is 20.4 Å². The Bertz CT molecular complexity index is 495. The lowest BCUT2D eigenvalue weighted by Gasteiger charge is -2.40. The monoisotopic (exact) mass is 534 g/mol. The minimum atomic E-state index is -1.50. The maximum absolute atomic E-state index is 10.0. The molecule has 222 valence electrons. The van der Waals surface area contributed by atoms with E-state index in [2.05, 4.69) is 6.92 Å². The Labute approximate surface area is 225 Å². The summed E-state index contributed by atoms with van der Waals surface area (Å²) in [6, 6.07) is 0. The molecular weight excluding hydrogens is 476 g/mol. The van der Waals surface area contributed by atoms with Crippen LogP contribution < -0.4 is 0 Å². The van der Waals surface area contributed by atoms with Crippen molar-refractivity contribution in [3.63, 3.8) is 0 Å². The Hall–Kier alpha value is -0.320. The van der Waals surface area contributed by atoms with Gasteiger partial charge in [-0.15, -0.1) is 0 Å². The van der Waals surface area contributed by atoms with Crippen molar-refractivity contribution in [1.29, 1.82) is 0 Å². The Morgan fingerprint density at radius 2 is 1.11 bits per heavy atom. The molecule has 0 aromatic carbocycles. The molecule has 0 aromatic heterocycles. The molecule has 0 bridgehead atoms. The van der Waals surface area contributed by atoms with Gasteiger partial charge in [-0.2, -0.15) is 0 Å². The molecule has 0 radical (unpaired) electrons. The van der Waals surface area contributed by atoms with Crippen LogP contribution in [-0.4, -0.2) is 88.8 Å². The summed E-state index contributed by atoms with van der Waals surface area (Å²) in [5.74, 6) is 0. The first-order valence-corrected chi connectivity index (χ1v) is 15.2. The normalized spacial score (nSPS) is 25.0. The lowest BCUT2D eigenvalue weighted by atomic mass is 9.99. The van der Waals surface area contributed by atoms with Gasteiger partial charge in [0.05, 0.1) is 19.8 Å². The third-order valence-corrected chi connectivity index (χ3v) is 7.28. The van der Waals surface area contributed by atoms with Gasteiger partial charge in [0, 0.05) is 6.61 Å². The minimum absolute atomic E-state index is 0.0978. The van der Waals surface area contributed by atoms with E-state index in [0.717, 1.165) is 12.8 Å². The highest BCUT2D eigenvalue weighted by Gasteiger charge is 2.44. The van der Waals surface area contributed by atoms with Gasteiger partial charge in [0.15, 0.2) is 6.29 Å². The minimum Gasteiger partial charge on any atom is -0.394 e. The van der Waals surface area contributed by atoms with Crippen LogP contribution >= 0.6 is 0 Å². The predicted molar refractivity (Wildman–Crippen MR) is 145 cm³/mol. The van der Waals surface area contributed by atoms with Crippen LogP contribution in [0.4, 0.5) is 0 Å². The summed E-state index contributed by atoms with van der Waals surface area (Å²) in [6.45, 7) is 2.25. The highest BCUT2D eigenvalue weighted by molar-refractivity contribution is 4.89. The van der Waals surface area contributed by atoms with E-state index in [4.69, 9.17) is 19.3 Å². The van der Waals surface area contributed by atoms with Crippen molar-refractivity contribution in [3.05, 3.63) is 0 Å². The molecule has 37 heavy (non-hydrogen) atoms. The molecule has 1 aliphatic rings.